The molecule has 2 rings (SSSR count). The Bertz CT molecular complexity index is 852. The van der Waals surface area contributed by atoms with Crippen molar-refractivity contribution in [2.75, 3.05) is 39.6 Å². The topological polar surface area (TPSA) is 71.1 Å². The molecule has 0 aliphatic rings. The molecule has 0 atom stereocenters. The van der Waals surface area contributed by atoms with Gasteiger partial charge in [0.15, 0.2) is 0 Å². The number of ether oxygens (including phenoxy) is 3. The lowest BCUT2D eigenvalue weighted by molar-refractivity contribution is 0.0279. The molecule has 34 heavy (non-hydrogen) atoms. The van der Waals surface area contributed by atoms with Crippen molar-refractivity contribution < 1.29 is 26.8 Å². The van der Waals surface area contributed by atoms with Gasteiger partial charge in [-0.2, -0.15) is 8.42 Å². The first-order valence-electron chi connectivity index (χ1n) is 12.4. The molecule has 7 heteroatoms. The van der Waals surface area contributed by atoms with Crippen LogP contribution in [0.5, 0.6) is 5.75 Å². The van der Waals surface area contributed by atoms with E-state index in [1.165, 1.54) is 62.6 Å². The number of aryl methyl sites for hydroxylation is 1. The van der Waals surface area contributed by atoms with E-state index >= 15 is 0 Å². The Hall–Kier alpha value is -1.93. The highest BCUT2D eigenvalue weighted by Gasteiger charge is 2.13. The summed E-state index contributed by atoms with van der Waals surface area (Å²) in [5.41, 5.74) is 1.36. The van der Waals surface area contributed by atoms with Gasteiger partial charge in [0.25, 0.3) is 10.1 Å². The number of hydrogen-bond acceptors (Lipinski definition) is 6. The van der Waals surface area contributed by atoms with Crippen LogP contribution in [-0.2, 0) is 30.2 Å². The van der Waals surface area contributed by atoms with Gasteiger partial charge >= 0.3 is 0 Å². The molecule has 0 unspecified atom stereocenters. The average Bonchev–Trinajstić information content (AvgIpc) is 2.86. The molecule has 0 bridgehead atoms. The van der Waals surface area contributed by atoms with Gasteiger partial charge in [0.05, 0.1) is 37.9 Å². The number of unbranched alkanes of at least 4 members (excludes halogenated alkanes) is 6. The third-order valence-corrected chi connectivity index (χ3v) is 6.69. The molecule has 0 spiro atoms. The Labute approximate surface area is 205 Å². The first kappa shape index (κ1) is 28.3. The van der Waals surface area contributed by atoms with Gasteiger partial charge in [0, 0.05) is 0 Å². The average molecular weight is 493 g/mol. The molecule has 0 fully saturated rings. The molecule has 0 aliphatic heterocycles. The van der Waals surface area contributed by atoms with E-state index in [1.54, 1.807) is 18.2 Å². The van der Waals surface area contributed by atoms with Gasteiger partial charge in [0.1, 0.15) is 12.4 Å². The van der Waals surface area contributed by atoms with E-state index in [1.807, 2.05) is 12.1 Å². The summed E-state index contributed by atoms with van der Waals surface area (Å²) in [6, 6.07) is 16.4. The first-order chi connectivity index (χ1) is 16.6. The van der Waals surface area contributed by atoms with E-state index in [9.17, 15) is 8.42 Å². The van der Waals surface area contributed by atoms with Crippen molar-refractivity contribution in [3.63, 3.8) is 0 Å². The molecule has 190 valence electrons. The number of benzene rings is 2. The quantitative estimate of drug-likeness (QED) is 0.172. The Morgan fingerprint density at radius 1 is 0.647 bits per heavy atom. The second kappa shape index (κ2) is 17.5. The molecule has 0 saturated carbocycles. The molecule has 2 aromatic carbocycles. The first-order valence-corrected chi connectivity index (χ1v) is 13.8. The minimum atomic E-state index is -3.73. The maximum absolute atomic E-state index is 12.0. The SMILES string of the molecule is CCCCCCCCCc1ccc(OCCOCCOCCOS(=O)(=O)c2ccccc2)cc1. The highest BCUT2D eigenvalue weighted by atomic mass is 32.2. The van der Waals surface area contributed by atoms with Crippen molar-refractivity contribution >= 4 is 10.1 Å². The van der Waals surface area contributed by atoms with Crippen molar-refractivity contribution in [3.8, 4) is 5.75 Å². The van der Waals surface area contributed by atoms with Gasteiger partial charge in [-0.3, -0.25) is 4.18 Å². The third-order valence-electron chi connectivity index (χ3n) is 5.36. The van der Waals surface area contributed by atoms with E-state index in [4.69, 9.17) is 18.4 Å². The zero-order valence-corrected chi connectivity index (χ0v) is 21.3. The summed E-state index contributed by atoms with van der Waals surface area (Å²) in [6.45, 7) is 4.10. The van der Waals surface area contributed by atoms with E-state index in [0.29, 0.717) is 26.4 Å². The lowest BCUT2D eigenvalue weighted by Gasteiger charge is -2.09. The summed E-state index contributed by atoms with van der Waals surface area (Å²) in [5.74, 6) is 0.847. The van der Waals surface area contributed by atoms with Crippen molar-refractivity contribution in [1.82, 2.24) is 0 Å². The second-order valence-electron chi connectivity index (χ2n) is 8.18. The van der Waals surface area contributed by atoms with Crippen molar-refractivity contribution in [2.45, 2.75) is 63.2 Å². The van der Waals surface area contributed by atoms with Crippen LogP contribution in [0.25, 0.3) is 0 Å². The summed E-state index contributed by atoms with van der Waals surface area (Å²) in [5, 5.41) is 0. The van der Waals surface area contributed by atoms with Crippen LogP contribution < -0.4 is 4.74 Å². The van der Waals surface area contributed by atoms with Crippen LogP contribution in [0, 0.1) is 0 Å². The highest BCUT2D eigenvalue weighted by molar-refractivity contribution is 7.86. The van der Waals surface area contributed by atoms with Gasteiger partial charge in [-0.15, -0.1) is 0 Å². The van der Waals surface area contributed by atoms with Crippen LogP contribution in [0.1, 0.15) is 57.4 Å². The predicted octanol–water partition coefficient (Wildman–Crippen LogP) is 5.80. The summed E-state index contributed by atoms with van der Waals surface area (Å²) in [4.78, 5) is 0.140. The smallest absolute Gasteiger partial charge is 0.297 e. The van der Waals surface area contributed by atoms with Crippen LogP contribution in [-0.4, -0.2) is 48.1 Å². The maximum atomic E-state index is 12.0. The molecule has 2 aromatic rings. The predicted molar refractivity (Wildman–Crippen MR) is 135 cm³/mol. The molecule has 0 aromatic heterocycles. The molecule has 0 saturated heterocycles. The molecule has 0 N–H and O–H groups in total. The van der Waals surface area contributed by atoms with E-state index in [2.05, 4.69) is 19.1 Å². The lowest BCUT2D eigenvalue weighted by Crippen LogP contribution is -2.14. The summed E-state index contributed by atoms with van der Waals surface area (Å²) in [6.07, 6.45) is 10.4. The van der Waals surface area contributed by atoms with E-state index in [-0.39, 0.29) is 18.1 Å². The maximum Gasteiger partial charge on any atom is 0.297 e. The molecule has 6 nitrogen and oxygen atoms in total. The fraction of sp³-hybridized carbons (Fsp3) is 0.556. The van der Waals surface area contributed by atoms with Crippen LogP contribution >= 0.6 is 0 Å². The van der Waals surface area contributed by atoms with Crippen LogP contribution in [0.4, 0.5) is 0 Å². The fourth-order valence-corrected chi connectivity index (χ4v) is 4.35. The Kier molecular flexibility index (Phi) is 14.6. The van der Waals surface area contributed by atoms with Gasteiger partial charge in [0.2, 0.25) is 0 Å². The van der Waals surface area contributed by atoms with Crippen LogP contribution in [0.2, 0.25) is 0 Å². The Morgan fingerprint density at radius 3 is 1.91 bits per heavy atom. The monoisotopic (exact) mass is 492 g/mol. The normalized spacial score (nSPS) is 11.6. The molecular formula is C27H40O6S. The van der Waals surface area contributed by atoms with Gasteiger partial charge in [-0.25, -0.2) is 0 Å². The zero-order chi connectivity index (χ0) is 24.3. The number of hydrogen-bond donors (Lipinski definition) is 0. The molecule has 0 aliphatic carbocycles. The lowest BCUT2D eigenvalue weighted by atomic mass is 10.0. The molecule has 0 amide bonds. The van der Waals surface area contributed by atoms with Gasteiger partial charge in [-0.1, -0.05) is 75.8 Å². The van der Waals surface area contributed by atoms with Crippen molar-refractivity contribution in [2.24, 2.45) is 0 Å². The van der Waals surface area contributed by atoms with Crippen LogP contribution in [0.3, 0.4) is 0 Å². The Morgan fingerprint density at radius 2 is 1.24 bits per heavy atom. The van der Waals surface area contributed by atoms with Crippen molar-refractivity contribution in [1.29, 1.82) is 0 Å². The number of rotatable bonds is 20. The minimum Gasteiger partial charge on any atom is -0.491 e. The van der Waals surface area contributed by atoms with Gasteiger partial charge < -0.3 is 14.2 Å². The van der Waals surface area contributed by atoms with Gasteiger partial charge in [-0.05, 0) is 42.7 Å². The largest absolute Gasteiger partial charge is 0.491 e. The molecule has 0 radical (unpaired) electrons. The molecular weight excluding hydrogens is 452 g/mol. The third kappa shape index (κ3) is 12.5. The standard InChI is InChI=1S/C27H40O6S/c1-2-3-4-5-6-7-9-12-25-15-17-26(18-16-25)32-23-21-30-19-20-31-22-24-33-34(28,29)27-13-10-8-11-14-27/h8,10-11,13-18H,2-7,9,12,19-24H2,1H3. The minimum absolute atomic E-state index is 0.0324. The Balaban J connectivity index is 1.42. The van der Waals surface area contributed by atoms with Crippen molar-refractivity contribution in [3.05, 3.63) is 60.2 Å². The highest BCUT2D eigenvalue weighted by Crippen LogP contribution is 2.15. The zero-order valence-electron chi connectivity index (χ0n) is 20.5. The second-order valence-corrected chi connectivity index (χ2v) is 9.79. The van der Waals surface area contributed by atoms with Crippen LogP contribution in [0.15, 0.2) is 59.5 Å². The summed E-state index contributed by atoms with van der Waals surface area (Å²) < 4.78 is 45.4. The fourth-order valence-electron chi connectivity index (χ4n) is 3.44. The molecule has 0 heterocycles. The van der Waals surface area contributed by atoms with E-state index in [0.717, 1.165) is 12.2 Å². The van der Waals surface area contributed by atoms with E-state index < -0.39 is 10.1 Å². The summed E-state index contributed by atoms with van der Waals surface area (Å²) >= 11 is 0. The summed E-state index contributed by atoms with van der Waals surface area (Å²) in [7, 11) is -3.73.